The molecule has 2 aliphatic heterocycles. The minimum Gasteiger partial charge on any atom is -0.298 e. The molecule has 0 spiro atoms. The standard InChI is InChI=1S/C11H21FN2/c1-9(2)14-7-11(8-14)13-5-3-10(12)4-6-13/h9-11H,3-8H2,1-2H3. The summed E-state index contributed by atoms with van der Waals surface area (Å²) in [6.07, 6.45) is 0.962. The van der Waals surface area contributed by atoms with Crippen molar-refractivity contribution in [2.75, 3.05) is 26.2 Å². The maximum atomic E-state index is 12.9. The highest BCUT2D eigenvalue weighted by Crippen LogP contribution is 2.22. The van der Waals surface area contributed by atoms with E-state index in [2.05, 4.69) is 23.6 Å². The number of rotatable bonds is 2. The summed E-state index contributed by atoms with van der Waals surface area (Å²) >= 11 is 0. The van der Waals surface area contributed by atoms with Crippen LogP contribution >= 0.6 is 0 Å². The van der Waals surface area contributed by atoms with Crippen LogP contribution in [0.25, 0.3) is 0 Å². The predicted octanol–water partition coefficient (Wildman–Crippen LogP) is 1.51. The van der Waals surface area contributed by atoms with E-state index < -0.39 is 6.17 Å². The van der Waals surface area contributed by atoms with E-state index in [0.29, 0.717) is 12.1 Å². The van der Waals surface area contributed by atoms with Crippen molar-refractivity contribution in [3.63, 3.8) is 0 Å². The summed E-state index contributed by atoms with van der Waals surface area (Å²) in [6.45, 7) is 8.80. The topological polar surface area (TPSA) is 6.48 Å². The number of likely N-dealkylation sites (tertiary alicyclic amines) is 2. The van der Waals surface area contributed by atoms with Crippen LogP contribution in [-0.4, -0.2) is 54.2 Å². The summed E-state index contributed by atoms with van der Waals surface area (Å²) in [5, 5.41) is 0. The molecule has 2 nitrogen and oxygen atoms in total. The lowest BCUT2D eigenvalue weighted by atomic mass is 10.0. The molecular formula is C11H21FN2. The molecule has 0 aromatic heterocycles. The molecule has 2 heterocycles. The number of hydrogen-bond acceptors (Lipinski definition) is 2. The number of halogens is 1. The van der Waals surface area contributed by atoms with Gasteiger partial charge in [0.2, 0.25) is 0 Å². The Labute approximate surface area is 86.1 Å². The summed E-state index contributed by atoms with van der Waals surface area (Å²) in [4.78, 5) is 4.95. The molecule has 2 aliphatic rings. The second kappa shape index (κ2) is 4.15. The molecule has 82 valence electrons. The van der Waals surface area contributed by atoms with E-state index in [1.165, 1.54) is 13.1 Å². The van der Waals surface area contributed by atoms with Crippen LogP contribution in [0.1, 0.15) is 26.7 Å². The van der Waals surface area contributed by atoms with Gasteiger partial charge in [-0.05, 0) is 26.7 Å². The Hall–Kier alpha value is -0.150. The summed E-state index contributed by atoms with van der Waals surface area (Å²) in [7, 11) is 0. The smallest absolute Gasteiger partial charge is 0.103 e. The highest BCUT2D eigenvalue weighted by atomic mass is 19.1. The molecule has 0 saturated carbocycles. The van der Waals surface area contributed by atoms with Gasteiger partial charge in [0.25, 0.3) is 0 Å². The highest BCUT2D eigenvalue weighted by Gasteiger charge is 2.34. The fourth-order valence-electron chi connectivity index (χ4n) is 2.37. The molecule has 0 amide bonds. The SMILES string of the molecule is CC(C)N1CC(N2CCC(F)CC2)C1. The van der Waals surface area contributed by atoms with Crippen molar-refractivity contribution in [3.8, 4) is 0 Å². The average molecular weight is 200 g/mol. The molecule has 2 saturated heterocycles. The molecule has 0 atom stereocenters. The lowest BCUT2D eigenvalue weighted by Crippen LogP contribution is -2.62. The van der Waals surface area contributed by atoms with E-state index in [1.54, 1.807) is 0 Å². The van der Waals surface area contributed by atoms with Gasteiger partial charge in [-0.15, -0.1) is 0 Å². The van der Waals surface area contributed by atoms with Crippen LogP contribution in [0, 0.1) is 0 Å². The van der Waals surface area contributed by atoms with E-state index >= 15 is 0 Å². The minimum absolute atomic E-state index is 0.535. The molecular weight excluding hydrogens is 179 g/mol. The second-order valence-corrected chi connectivity index (χ2v) is 4.91. The fraction of sp³-hybridized carbons (Fsp3) is 1.00. The summed E-state index contributed by atoms with van der Waals surface area (Å²) in [5.41, 5.74) is 0. The monoisotopic (exact) mass is 200 g/mol. The third kappa shape index (κ3) is 2.09. The zero-order valence-corrected chi connectivity index (χ0v) is 9.25. The molecule has 2 rings (SSSR count). The molecule has 14 heavy (non-hydrogen) atoms. The molecule has 2 fully saturated rings. The van der Waals surface area contributed by atoms with Crippen molar-refractivity contribution in [1.82, 2.24) is 9.80 Å². The van der Waals surface area contributed by atoms with Crippen LogP contribution < -0.4 is 0 Å². The van der Waals surface area contributed by atoms with Gasteiger partial charge in [0.05, 0.1) is 0 Å². The van der Waals surface area contributed by atoms with Crippen molar-refractivity contribution in [1.29, 1.82) is 0 Å². The molecule has 0 N–H and O–H groups in total. The zero-order chi connectivity index (χ0) is 10.1. The van der Waals surface area contributed by atoms with Gasteiger partial charge in [-0.1, -0.05) is 0 Å². The van der Waals surface area contributed by atoms with Gasteiger partial charge in [0.15, 0.2) is 0 Å². The first-order valence-electron chi connectivity index (χ1n) is 5.79. The van der Waals surface area contributed by atoms with Crippen LogP contribution in [0.15, 0.2) is 0 Å². The van der Waals surface area contributed by atoms with Crippen LogP contribution in [0.3, 0.4) is 0 Å². The maximum Gasteiger partial charge on any atom is 0.103 e. The lowest BCUT2D eigenvalue weighted by molar-refractivity contribution is -0.00521. The van der Waals surface area contributed by atoms with Gasteiger partial charge < -0.3 is 0 Å². The number of alkyl halides is 1. The van der Waals surface area contributed by atoms with Crippen LogP contribution in [0.4, 0.5) is 4.39 Å². The molecule has 0 aromatic carbocycles. The van der Waals surface area contributed by atoms with Crippen molar-refractivity contribution >= 4 is 0 Å². The molecule has 0 unspecified atom stereocenters. The van der Waals surface area contributed by atoms with Gasteiger partial charge in [-0.25, -0.2) is 4.39 Å². The normalized spacial score (nSPS) is 28.3. The Morgan fingerprint density at radius 3 is 2.21 bits per heavy atom. The first-order chi connectivity index (χ1) is 6.66. The summed E-state index contributed by atoms with van der Waals surface area (Å²) in [6, 6.07) is 1.38. The number of piperidine rings is 1. The van der Waals surface area contributed by atoms with Crippen molar-refractivity contribution < 1.29 is 4.39 Å². The Morgan fingerprint density at radius 1 is 1.14 bits per heavy atom. The quantitative estimate of drug-likeness (QED) is 0.666. The molecule has 0 radical (unpaired) electrons. The summed E-state index contributed by atoms with van der Waals surface area (Å²) in [5.74, 6) is 0. The van der Waals surface area contributed by atoms with Crippen LogP contribution in [0.5, 0.6) is 0 Å². The lowest BCUT2D eigenvalue weighted by Gasteiger charge is -2.48. The first-order valence-corrected chi connectivity index (χ1v) is 5.79. The van der Waals surface area contributed by atoms with E-state index in [4.69, 9.17) is 0 Å². The average Bonchev–Trinajstić information content (AvgIpc) is 2.05. The van der Waals surface area contributed by atoms with Gasteiger partial charge >= 0.3 is 0 Å². The minimum atomic E-state index is -0.535. The third-order valence-electron chi connectivity index (χ3n) is 3.60. The van der Waals surface area contributed by atoms with Gasteiger partial charge in [-0.2, -0.15) is 0 Å². The van der Waals surface area contributed by atoms with Gasteiger partial charge in [-0.3, -0.25) is 9.80 Å². The van der Waals surface area contributed by atoms with E-state index in [9.17, 15) is 4.39 Å². The maximum absolute atomic E-state index is 12.9. The summed E-state index contributed by atoms with van der Waals surface area (Å²) < 4.78 is 12.9. The fourth-order valence-corrected chi connectivity index (χ4v) is 2.37. The van der Waals surface area contributed by atoms with E-state index in [-0.39, 0.29) is 0 Å². The number of nitrogens with zero attached hydrogens (tertiary/aromatic N) is 2. The van der Waals surface area contributed by atoms with Crippen molar-refractivity contribution in [3.05, 3.63) is 0 Å². The van der Waals surface area contributed by atoms with Crippen LogP contribution in [-0.2, 0) is 0 Å². The Balaban J connectivity index is 1.72. The zero-order valence-electron chi connectivity index (χ0n) is 9.25. The molecule has 0 aromatic rings. The van der Waals surface area contributed by atoms with Gasteiger partial charge in [0, 0.05) is 38.3 Å². The first kappa shape index (κ1) is 10.4. The molecule has 0 bridgehead atoms. The van der Waals surface area contributed by atoms with Crippen molar-refractivity contribution in [2.45, 2.75) is 44.9 Å². The highest BCUT2D eigenvalue weighted by molar-refractivity contribution is 4.91. The Kier molecular flexibility index (Phi) is 3.07. The largest absolute Gasteiger partial charge is 0.298 e. The number of hydrogen-bond donors (Lipinski definition) is 0. The second-order valence-electron chi connectivity index (χ2n) is 4.91. The van der Waals surface area contributed by atoms with Gasteiger partial charge in [0.1, 0.15) is 6.17 Å². The predicted molar refractivity (Wildman–Crippen MR) is 56.2 cm³/mol. The third-order valence-corrected chi connectivity index (χ3v) is 3.60. The van der Waals surface area contributed by atoms with E-state index in [0.717, 1.165) is 25.9 Å². The van der Waals surface area contributed by atoms with Crippen molar-refractivity contribution in [2.24, 2.45) is 0 Å². The Bertz CT molecular complexity index is 182. The Morgan fingerprint density at radius 2 is 1.71 bits per heavy atom. The van der Waals surface area contributed by atoms with Crippen LogP contribution in [0.2, 0.25) is 0 Å². The van der Waals surface area contributed by atoms with E-state index in [1.807, 2.05) is 0 Å². The molecule has 0 aliphatic carbocycles. The molecule has 3 heteroatoms.